The summed E-state index contributed by atoms with van der Waals surface area (Å²) in [5.41, 5.74) is 0.241. The fourth-order valence-corrected chi connectivity index (χ4v) is 2.98. The van der Waals surface area contributed by atoms with Crippen molar-refractivity contribution in [2.45, 2.75) is 32.2 Å². The fourth-order valence-electron chi connectivity index (χ4n) is 2.98. The number of benzene rings is 2. The number of carbonyl (C=O) groups is 2. The first-order chi connectivity index (χ1) is 13.2. The first kappa shape index (κ1) is 19.5. The standard InChI is InChI=1S/C19H18O9/c1-8(20)26-13-4-3-10(5-14(13)27-9(2)21)19-18(25)17(24)16-12(23)6-11(22)7-15(16)28-19/h3-7,17-19,22-25H,1-2H3/t17-,18+,19-/m1/s1. The van der Waals surface area contributed by atoms with Crippen LogP contribution in [0, 0.1) is 0 Å². The van der Waals surface area contributed by atoms with E-state index in [0.29, 0.717) is 5.56 Å². The lowest BCUT2D eigenvalue weighted by Crippen LogP contribution is -2.34. The second-order valence-corrected chi connectivity index (χ2v) is 6.24. The quantitative estimate of drug-likeness (QED) is 0.452. The van der Waals surface area contributed by atoms with Gasteiger partial charge >= 0.3 is 11.9 Å². The van der Waals surface area contributed by atoms with Crippen LogP contribution >= 0.6 is 0 Å². The fraction of sp³-hybridized carbons (Fsp3) is 0.263. The van der Waals surface area contributed by atoms with Crippen molar-refractivity contribution < 1.29 is 44.2 Å². The largest absolute Gasteiger partial charge is 0.508 e. The molecule has 1 aliphatic rings. The van der Waals surface area contributed by atoms with Crippen LogP contribution < -0.4 is 14.2 Å². The number of esters is 2. The number of fused-ring (bicyclic) bond motifs is 1. The maximum absolute atomic E-state index is 11.4. The maximum Gasteiger partial charge on any atom is 0.308 e. The molecule has 28 heavy (non-hydrogen) atoms. The second-order valence-electron chi connectivity index (χ2n) is 6.24. The number of phenols is 2. The molecular weight excluding hydrogens is 372 g/mol. The molecule has 9 heteroatoms. The monoisotopic (exact) mass is 390 g/mol. The lowest BCUT2D eigenvalue weighted by atomic mass is 9.91. The molecule has 0 radical (unpaired) electrons. The van der Waals surface area contributed by atoms with Gasteiger partial charge in [0.1, 0.15) is 29.5 Å². The Bertz CT molecular complexity index is 937. The summed E-state index contributed by atoms with van der Waals surface area (Å²) >= 11 is 0. The summed E-state index contributed by atoms with van der Waals surface area (Å²) in [6, 6.07) is 6.35. The molecule has 0 spiro atoms. The summed E-state index contributed by atoms with van der Waals surface area (Å²) in [5, 5.41) is 40.5. The zero-order chi connectivity index (χ0) is 20.6. The van der Waals surface area contributed by atoms with E-state index in [-0.39, 0.29) is 28.6 Å². The van der Waals surface area contributed by atoms with Gasteiger partial charge in [-0.05, 0) is 17.7 Å². The van der Waals surface area contributed by atoms with E-state index in [1.165, 1.54) is 38.1 Å². The van der Waals surface area contributed by atoms with E-state index < -0.39 is 36.0 Å². The number of aliphatic hydroxyl groups is 2. The molecule has 2 aromatic carbocycles. The molecule has 4 N–H and O–H groups in total. The van der Waals surface area contributed by atoms with E-state index in [1.54, 1.807) is 0 Å². The summed E-state index contributed by atoms with van der Waals surface area (Å²) in [6.07, 6.45) is -4.10. The number of carbonyl (C=O) groups excluding carboxylic acids is 2. The molecule has 0 saturated heterocycles. The molecule has 9 nitrogen and oxygen atoms in total. The molecule has 3 atom stereocenters. The molecule has 1 heterocycles. The Balaban J connectivity index is 2.02. The zero-order valence-electron chi connectivity index (χ0n) is 14.9. The summed E-state index contributed by atoms with van der Waals surface area (Å²) in [7, 11) is 0. The highest BCUT2D eigenvalue weighted by atomic mass is 16.6. The van der Waals surface area contributed by atoms with Crippen LogP contribution in [0.25, 0.3) is 0 Å². The lowest BCUT2D eigenvalue weighted by molar-refractivity contribution is -0.134. The van der Waals surface area contributed by atoms with Crippen molar-refractivity contribution >= 4 is 11.9 Å². The molecule has 0 amide bonds. The zero-order valence-corrected chi connectivity index (χ0v) is 14.9. The Labute approximate surface area is 159 Å². The third kappa shape index (κ3) is 3.71. The van der Waals surface area contributed by atoms with E-state index in [2.05, 4.69) is 0 Å². The van der Waals surface area contributed by atoms with Crippen LogP contribution in [0.15, 0.2) is 30.3 Å². The van der Waals surface area contributed by atoms with Crippen LogP contribution in [-0.4, -0.2) is 38.5 Å². The van der Waals surface area contributed by atoms with Crippen LogP contribution in [-0.2, 0) is 9.59 Å². The lowest BCUT2D eigenvalue weighted by Gasteiger charge is -2.35. The molecule has 0 aliphatic carbocycles. The molecule has 1 aliphatic heterocycles. The third-order valence-corrected chi connectivity index (χ3v) is 4.09. The molecule has 0 fully saturated rings. The predicted molar refractivity (Wildman–Crippen MR) is 93.2 cm³/mol. The smallest absolute Gasteiger partial charge is 0.308 e. The van der Waals surface area contributed by atoms with Crippen molar-refractivity contribution in [2.24, 2.45) is 0 Å². The molecule has 2 aromatic rings. The molecule has 0 unspecified atom stereocenters. The van der Waals surface area contributed by atoms with Crippen molar-refractivity contribution in [3.8, 4) is 28.7 Å². The first-order valence-corrected chi connectivity index (χ1v) is 8.26. The van der Waals surface area contributed by atoms with Crippen molar-refractivity contribution in [2.75, 3.05) is 0 Å². The van der Waals surface area contributed by atoms with Gasteiger partial charge in [0, 0.05) is 26.0 Å². The number of rotatable bonds is 3. The van der Waals surface area contributed by atoms with E-state index >= 15 is 0 Å². The second kappa shape index (κ2) is 7.37. The van der Waals surface area contributed by atoms with Crippen molar-refractivity contribution in [3.63, 3.8) is 0 Å². The molecule has 0 aromatic heterocycles. The van der Waals surface area contributed by atoms with Crippen molar-refractivity contribution in [1.29, 1.82) is 0 Å². The van der Waals surface area contributed by atoms with Crippen LogP contribution in [0.2, 0.25) is 0 Å². The predicted octanol–water partition coefficient (Wildman–Crippen LogP) is 1.48. The van der Waals surface area contributed by atoms with Gasteiger partial charge < -0.3 is 34.6 Å². The highest BCUT2D eigenvalue weighted by molar-refractivity contribution is 5.73. The van der Waals surface area contributed by atoms with E-state index in [9.17, 15) is 30.0 Å². The number of aliphatic hydroxyl groups excluding tert-OH is 2. The van der Waals surface area contributed by atoms with Crippen LogP contribution in [0.3, 0.4) is 0 Å². The Morgan fingerprint density at radius 1 is 0.964 bits per heavy atom. The number of ether oxygens (including phenoxy) is 3. The average molecular weight is 390 g/mol. The summed E-state index contributed by atoms with van der Waals surface area (Å²) < 4.78 is 15.7. The molecule has 0 bridgehead atoms. The van der Waals surface area contributed by atoms with Gasteiger partial charge in [0.15, 0.2) is 17.6 Å². The molecule has 148 valence electrons. The summed E-state index contributed by atoms with van der Waals surface area (Å²) in [5.74, 6) is -2.09. The minimum atomic E-state index is -1.50. The molecular formula is C19H18O9. The van der Waals surface area contributed by atoms with E-state index in [1.807, 2.05) is 0 Å². The molecule has 3 rings (SSSR count). The van der Waals surface area contributed by atoms with Gasteiger partial charge in [0.2, 0.25) is 0 Å². The normalized spacial score (nSPS) is 20.6. The minimum absolute atomic E-state index is 0.00649. The van der Waals surface area contributed by atoms with Crippen LogP contribution in [0.1, 0.15) is 37.2 Å². The highest BCUT2D eigenvalue weighted by Gasteiger charge is 2.39. The number of hydrogen-bond acceptors (Lipinski definition) is 9. The summed E-state index contributed by atoms with van der Waals surface area (Å²) in [4.78, 5) is 22.6. The van der Waals surface area contributed by atoms with Crippen LogP contribution in [0.4, 0.5) is 0 Å². The highest BCUT2D eigenvalue weighted by Crippen LogP contribution is 2.47. The van der Waals surface area contributed by atoms with Crippen molar-refractivity contribution in [3.05, 3.63) is 41.5 Å². The topological polar surface area (TPSA) is 143 Å². The van der Waals surface area contributed by atoms with Crippen molar-refractivity contribution in [1.82, 2.24) is 0 Å². The van der Waals surface area contributed by atoms with Gasteiger partial charge in [0.05, 0.1) is 5.56 Å². The summed E-state index contributed by atoms with van der Waals surface area (Å²) in [6.45, 7) is 2.35. The van der Waals surface area contributed by atoms with Crippen LogP contribution in [0.5, 0.6) is 28.7 Å². The van der Waals surface area contributed by atoms with Gasteiger partial charge in [-0.15, -0.1) is 0 Å². The Hall–Kier alpha value is -3.30. The van der Waals surface area contributed by atoms with Gasteiger partial charge in [-0.3, -0.25) is 9.59 Å². The Morgan fingerprint density at radius 2 is 1.61 bits per heavy atom. The molecule has 0 saturated carbocycles. The van der Waals surface area contributed by atoms with Gasteiger partial charge in [-0.25, -0.2) is 0 Å². The third-order valence-electron chi connectivity index (χ3n) is 4.09. The van der Waals surface area contributed by atoms with Gasteiger partial charge in [-0.2, -0.15) is 0 Å². The number of phenolic OH excluding ortho intramolecular Hbond substituents is 2. The average Bonchev–Trinajstić information content (AvgIpc) is 2.58. The maximum atomic E-state index is 11.4. The SMILES string of the molecule is CC(=O)Oc1ccc([C@H]2Oc3cc(O)cc(O)c3[C@@H](O)[C@@H]2O)cc1OC(C)=O. The number of hydrogen-bond donors (Lipinski definition) is 4. The Kier molecular flexibility index (Phi) is 5.12. The number of aromatic hydroxyl groups is 2. The first-order valence-electron chi connectivity index (χ1n) is 8.26. The van der Waals surface area contributed by atoms with Gasteiger partial charge in [-0.1, -0.05) is 6.07 Å². The van der Waals surface area contributed by atoms with E-state index in [0.717, 1.165) is 6.07 Å². The Morgan fingerprint density at radius 3 is 2.25 bits per heavy atom. The minimum Gasteiger partial charge on any atom is -0.508 e. The van der Waals surface area contributed by atoms with E-state index in [4.69, 9.17) is 14.2 Å². The van der Waals surface area contributed by atoms with Gasteiger partial charge in [0.25, 0.3) is 0 Å².